The first-order chi connectivity index (χ1) is 12.2. The summed E-state index contributed by atoms with van der Waals surface area (Å²) in [5.41, 5.74) is 2.35. The number of para-hydroxylation sites is 1. The summed E-state index contributed by atoms with van der Waals surface area (Å²) in [5, 5.41) is 17.5. The second-order valence-corrected chi connectivity index (χ2v) is 6.94. The van der Waals surface area contributed by atoms with E-state index < -0.39 is 0 Å². The third-order valence-electron chi connectivity index (χ3n) is 4.15. The number of nitrogens with zero attached hydrogens (tertiary/aromatic N) is 4. The molecule has 0 fully saturated rings. The van der Waals surface area contributed by atoms with E-state index >= 15 is 0 Å². The zero-order valence-electron chi connectivity index (χ0n) is 13.8. The topological polar surface area (TPSA) is 88.0 Å². The Morgan fingerprint density at radius 2 is 2.16 bits per heavy atom. The van der Waals surface area contributed by atoms with Gasteiger partial charge in [-0.05, 0) is 25.0 Å². The molecule has 0 aliphatic heterocycles. The smallest absolute Gasteiger partial charge is 0.234 e. The summed E-state index contributed by atoms with van der Waals surface area (Å²) in [4.78, 5) is 16.1. The van der Waals surface area contributed by atoms with Gasteiger partial charge in [-0.15, -0.1) is 10.2 Å². The molecule has 0 radical (unpaired) electrons. The number of nitrogens with one attached hydrogen (secondary N) is 2. The first-order valence-electron chi connectivity index (χ1n) is 8.20. The lowest BCUT2D eigenvalue weighted by molar-refractivity contribution is -0.121. The zero-order valence-corrected chi connectivity index (χ0v) is 14.6. The van der Waals surface area contributed by atoms with Crippen LogP contribution >= 0.6 is 11.3 Å². The Morgan fingerprint density at radius 3 is 3.04 bits per heavy atom. The molecular weight excluding hydrogens is 336 g/mol. The summed E-state index contributed by atoms with van der Waals surface area (Å²) >= 11 is 1.48. The van der Waals surface area contributed by atoms with E-state index in [9.17, 15) is 4.79 Å². The highest BCUT2D eigenvalue weighted by molar-refractivity contribution is 7.16. The maximum Gasteiger partial charge on any atom is 0.234 e. The minimum atomic E-state index is 0.0440. The highest BCUT2D eigenvalue weighted by atomic mass is 32.1. The van der Waals surface area contributed by atoms with Crippen LogP contribution in [0.1, 0.15) is 22.8 Å². The number of aryl methyl sites for hydroxylation is 2. The molecule has 3 heterocycles. The third kappa shape index (κ3) is 3.25. The highest BCUT2D eigenvalue weighted by Gasteiger charge is 2.10. The van der Waals surface area contributed by atoms with Crippen LogP contribution in [0, 0.1) is 6.92 Å². The number of benzene rings is 1. The molecule has 0 atom stereocenters. The van der Waals surface area contributed by atoms with Crippen molar-refractivity contribution in [1.82, 2.24) is 30.1 Å². The molecule has 4 aromatic rings. The summed E-state index contributed by atoms with van der Waals surface area (Å²) < 4.78 is 1.72. The zero-order chi connectivity index (χ0) is 17.2. The lowest BCUT2D eigenvalue weighted by Crippen LogP contribution is -2.25. The molecule has 7 nitrogen and oxygen atoms in total. The Bertz CT molecular complexity index is 1030. The summed E-state index contributed by atoms with van der Waals surface area (Å²) in [5.74, 6) is 0.809. The van der Waals surface area contributed by atoms with Gasteiger partial charge in [-0.25, -0.2) is 0 Å². The molecule has 0 bridgehead atoms. The van der Waals surface area contributed by atoms with Crippen LogP contribution in [0.5, 0.6) is 0 Å². The Balaban J connectivity index is 1.27. The largest absolute Gasteiger partial charge is 0.361 e. The van der Waals surface area contributed by atoms with E-state index in [0.717, 1.165) is 27.7 Å². The maximum atomic E-state index is 12.1. The Hall–Kier alpha value is -2.74. The molecule has 4 rings (SSSR count). The predicted octanol–water partition coefficient (Wildman–Crippen LogP) is 2.27. The standard InChI is InChI=1S/C17H18N6OS/c1-11-20-21-17-23(11)22-16(25-17)7-6-15(24)18-9-8-12-10-19-14-5-3-2-4-13(12)14/h2-5,10,19H,6-9H2,1H3,(H,18,24). The first-order valence-corrected chi connectivity index (χ1v) is 9.02. The third-order valence-corrected chi connectivity index (χ3v) is 5.10. The van der Waals surface area contributed by atoms with Gasteiger partial charge in [0, 0.05) is 36.5 Å². The van der Waals surface area contributed by atoms with Crippen molar-refractivity contribution in [2.75, 3.05) is 6.54 Å². The van der Waals surface area contributed by atoms with Crippen LogP contribution in [0.4, 0.5) is 0 Å². The van der Waals surface area contributed by atoms with Crippen LogP contribution in [0.3, 0.4) is 0 Å². The molecule has 128 valence electrons. The van der Waals surface area contributed by atoms with Gasteiger partial charge >= 0.3 is 0 Å². The SMILES string of the molecule is Cc1nnc2sc(CCC(=O)NCCc3c[nH]c4ccccc34)nn12. The molecular formula is C17H18N6OS. The summed E-state index contributed by atoms with van der Waals surface area (Å²) in [7, 11) is 0. The van der Waals surface area contributed by atoms with Gasteiger partial charge < -0.3 is 10.3 Å². The van der Waals surface area contributed by atoms with Gasteiger partial charge in [0.05, 0.1) is 0 Å². The first kappa shape index (κ1) is 15.8. The maximum absolute atomic E-state index is 12.1. The van der Waals surface area contributed by atoms with Crippen LogP contribution < -0.4 is 5.32 Å². The number of fused-ring (bicyclic) bond motifs is 2. The molecule has 1 aromatic carbocycles. The van der Waals surface area contributed by atoms with Crippen LogP contribution in [0.2, 0.25) is 0 Å². The quantitative estimate of drug-likeness (QED) is 0.556. The van der Waals surface area contributed by atoms with E-state index in [4.69, 9.17) is 0 Å². The molecule has 2 N–H and O–H groups in total. The molecule has 0 saturated carbocycles. The predicted molar refractivity (Wildman–Crippen MR) is 96.7 cm³/mol. The highest BCUT2D eigenvalue weighted by Crippen LogP contribution is 2.18. The van der Waals surface area contributed by atoms with E-state index in [1.165, 1.54) is 22.3 Å². The molecule has 0 aliphatic rings. The van der Waals surface area contributed by atoms with Crippen molar-refractivity contribution in [3.05, 3.63) is 46.9 Å². The average molecular weight is 354 g/mol. The lowest BCUT2D eigenvalue weighted by atomic mass is 10.1. The van der Waals surface area contributed by atoms with E-state index in [1.54, 1.807) is 4.52 Å². The van der Waals surface area contributed by atoms with Crippen molar-refractivity contribution in [2.45, 2.75) is 26.2 Å². The van der Waals surface area contributed by atoms with Gasteiger partial charge in [-0.3, -0.25) is 4.79 Å². The Kier molecular flexibility index (Phi) is 4.19. The molecule has 3 aromatic heterocycles. The number of rotatable bonds is 6. The molecule has 8 heteroatoms. The number of hydrogen-bond donors (Lipinski definition) is 2. The van der Waals surface area contributed by atoms with Crippen LogP contribution in [-0.4, -0.2) is 37.2 Å². The normalized spacial score (nSPS) is 11.4. The second-order valence-electron chi connectivity index (χ2n) is 5.90. The molecule has 1 amide bonds. The summed E-state index contributed by atoms with van der Waals surface area (Å²) in [6.07, 6.45) is 3.87. The van der Waals surface area contributed by atoms with Crippen LogP contribution in [0.25, 0.3) is 15.9 Å². The van der Waals surface area contributed by atoms with Crippen molar-refractivity contribution in [2.24, 2.45) is 0 Å². The number of amides is 1. The van der Waals surface area contributed by atoms with Gasteiger partial charge in [0.2, 0.25) is 10.9 Å². The minimum Gasteiger partial charge on any atom is -0.361 e. The van der Waals surface area contributed by atoms with Crippen molar-refractivity contribution < 1.29 is 4.79 Å². The fourth-order valence-electron chi connectivity index (χ4n) is 2.84. The summed E-state index contributed by atoms with van der Waals surface area (Å²) in [6, 6.07) is 8.19. The second kappa shape index (κ2) is 6.64. The van der Waals surface area contributed by atoms with Gasteiger partial charge in [0.1, 0.15) is 5.01 Å². The fourth-order valence-corrected chi connectivity index (χ4v) is 3.72. The van der Waals surface area contributed by atoms with Crippen molar-refractivity contribution in [3.63, 3.8) is 0 Å². The van der Waals surface area contributed by atoms with Gasteiger partial charge in [-0.1, -0.05) is 29.5 Å². The monoisotopic (exact) mass is 354 g/mol. The van der Waals surface area contributed by atoms with Gasteiger partial charge in [0.25, 0.3) is 0 Å². The van der Waals surface area contributed by atoms with E-state index in [-0.39, 0.29) is 5.91 Å². The van der Waals surface area contributed by atoms with E-state index in [1.807, 2.05) is 25.3 Å². The molecule has 0 aliphatic carbocycles. The van der Waals surface area contributed by atoms with Crippen molar-refractivity contribution in [1.29, 1.82) is 0 Å². The summed E-state index contributed by atoms with van der Waals surface area (Å²) in [6.45, 7) is 2.49. The number of H-pyrrole nitrogens is 1. The van der Waals surface area contributed by atoms with Crippen molar-refractivity contribution >= 4 is 33.1 Å². The van der Waals surface area contributed by atoms with E-state index in [2.05, 4.69) is 37.7 Å². The fraction of sp³-hybridized carbons (Fsp3) is 0.294. The van der Waals surface area contributed by atoms with Crippen LogP contribution in [-0.2, 0) is 17.6 Å². The van der Waals surface area contributed by atoms with Gasteiger partial charge in [0.15, 0.2) is 5.82 Å². The number of hydrogen-bond acceptors (Lipinski definition) is 5. The Labute approximate surface area is 148 Å². The number of aromatic nitrogens is 5. The molecule has 0 spiro atoms. The number of carbonyl (C=O) groups excluding carboxylic acids is 1. The Morgan fingerprint density at radius 1 is 1.28 bits per heavy atom. The molecule has 0 saturated heterocycles. The van der Waals surface area contributed by atoms with Crippen molar-refractivity contribution in [3.8, 4) is 0 Å². The molecule has 25 heavy (non-hydrogen) atoms. The van der Waals surface area contributed by atoms with Gasteiger partial charge in [-0.2, -0.15) is 9.61 Å². The average Bonchev–Trinajstić information content (AvgIpc) is 3.30. The van der Waals surface area contributed by atoms with Crippen LogP contribution in [0.15, 0.2) is 30.5 Å². The van der Waals surface area contributed by atoms with E-state index in [0.29, 0.717) is 19.4 Å². The lowest BCUT2D eigenvalue weighted by Gasteiger charge is -2.04. The molecule has 0 unspecified atom stereocenters. The number of aromatic amines is 1. The number of carbonyl (C=O) groups is 1. The minimum absolute atomic E-state index is 0.0440.